The Hall–Kier alpha value is -3.91. The van der Waals surface area contributed by atoms with Crippen LogP contribution >= 0.6 is 34.9 Å². The van der Waals surface area contributed by atoms with Crippen LogP contribution in [0.1, 0.15) is 5.69 Å². The van der Waals surface area contributed by atoms with Crippen LogP contribution in [-0.4, -0.2) is 81.1 Å². The number of amides is 2. The van der Waals surface area contributed by atoms with Gasteiger partial charge in [0, 0.05) is 33.9 Å². The number of aliphatic carboxylic acids is 2. The molecule has 4 rings (SSSR count). The second kappa shape index (κ2) is 13.8. The van der Waals surface area contributed by atoms with Gasteiger partial charge in [-0.25, -0.2) is 14.2 Å². The lowest BCUT2D eigenvalue weighted by Crippen LogP contribution is -2.73. The van der Waals surface area contributed by atoms with E-state index in [9.17, 15) is 37.1 Å². The van der Waals surface area contributed by atoms with Crippen LogP contribution in [0.5, 0.6) is 0 Å². The minimum absolute atomic E-state index is 0.0691. The monoisotopic (exact) mass is 652 g/mol. The normalized spacial score (nSPS) is 18.4. The number of nitrogens with two attached hydrogens (primary N) is 1. The van der Waals surface area contributed by atoms with Crippen LogP contribution in [0.15, 0.2) is 50.6 Å². The predicted molar refractivity (Wildman–Crippen MR) is 139 cm³/mol. The van der Waals surface area contributed by atoms with Gasteiger partial charge in [0.1, 0.15) is 30.4 Å². The molecule has 20 heteroatoms. The highest BCUT2D eigenvalue weighted by Crippen LogP contribution is 2.40. The number of fused-ring (bicyclic) bond motifs is 1. The highest BCUT2D eigenvalue weighted by molar-refractivity contribution is 8.06. The van der Waals surface area contributed by atoms with Crippen molar-refractivity contribution in [3.8, 4) is 0 Å². The quantitative estimate of drug-likeness (QED) is 0.0827. The fourth-order valence-electron chi connectivity index (χ4n) is 3.57. The van der Waals surface area contributed by atoms with E-state index in [1.807, 2.05) is 36.0 Å². The highest BCUT2D eigenvalue weighted by atomic mass is 32.2. The maximum absolute atomic E-state index is 12.9. The van der Waals surface area contributed by atoms with Crippen LogP contribution in [0.4, 0.5) is 22.7 Å². The Balaban J connectivity index is 0.000000616. The molecule has 2 atom stereocenters. The van der Waals surface area contributed by atoms with E-state index in [4.69, 9.17) is 15.6 Å². The number of carboxylic acid groups (broad SMARTS) is 2. The number of thioether (sulfide) groups is 2. The lowest BCUT2D eigenvalue weighted by atomic mass is 9.94. The molecule has 0 spiro atoms. The van der Waals surface area contributed by atoms with E-state index in [0.29, 0.717) is 16.4 Å². The summed E-state index contributed by atoms with van der Waals surface area (Å²) in [5, 5.41) is 27.2. The molecule has 4 N–H and O–H groups in total. The molecule has 0 radical (unpaired) electrons. The van der Waals surface area contributed by atoms with Crippen LogP contribution in [-0.2, 0) is 31.1 Å². The van der Waals surface area contributed by atoms with Gasteiger partial charge in [-0.15, -0.1) is 23.1 Å². The van der Waals surface area contributed by atoms with Gasteiger partial charge in [-0.2, -0.15) is 17.7 Å². The maximum Gasteiger partial charge on any atom is 0.430 e. The lowest BCUT2D eigenvalue weighted by Gasteiger charge is -2.49. The first-order valence-corrected chi connectivity index (χ1v) is 14.2. The van der Waals surface area contributed by atoms with Gasteiger partial charge < -0.3 is 30.9 Å². The fraction of sp³-hybridized carbons (Fsp3) is 0.318. The number of hydrogen-bond donors (Lipinski definition) is 3. The summed E-state index contributed by atoms with van der Waals surface area (Å²) in [6.07, 6.45) is -3.30. The zero-order valence-corrected chi connectivity index (χ0v) is 23.6. The third-order valence-corrected chi connectivity index (χ3v) is 8.62. The summed E-state index contributed by atoms with van der Waals surface area (Å²) >= 11 is 3.85. The van der Waals surface area contributed by atoms with Crippen molar-refractivity contribution in [3.05, 3.63) is 46.1 Å². The minimum Gasteiger partial charge on any atom is -0.542 e. The number of anilines is 1. The van der Waals surface area contributed by atoms with E-state index in [2.05, 4.69) is 20.3 Å². The number of carbonyl (C=O) groups is 4. The summed E-state index contributed by atoms with van der Waals surface area (Å²) in [6, 6.07) is 4.16. The molecule has 0 saturated carbocycles. The molecule has 1 fully saturated rings. The molecule has 226 valence electrons. The van der Waals surface area contributed by atoms with Crippen molar-refractivity contribution in [2.75, 3.05) is 24.1 Å². The Morgan fingerprint density at radius 1 is 1.38 bits per heavy atom. The Morgan fingerprint density at radius 3 is 2.62 bits per heavy atom. The number of aryl methyl sites for hydroxylation is 1. The van der Waals surface area contributed by atoms with Crippen molar-refractivity contribution in [2.45, 2.75) is 23.3 Å². The van der Waals surface area contributed by atoms with Gasteiger partial charge in [-0.1, -0.05) is 16.9 Å². The number of pyridine rings is 1. The summed E-state index contributed by atoms with van der Waals surface area (Å²) in [4.78, 5) is 56.7. The van der Waals surface area contributed by atoms with E-state index in [0.717, 1.165) is 16.4 Å². The molecular formula is C22H20F4N6O7S3. The number of nitrogens with zero attached hydrogens (tertiary/aromatic N) is 4. The topological polar surface area (TPSA) is 191 Å². The molecule has 2 aliphatic rings. The van der Waals surface area contributed by atoms with Gasteiger partial charge >= 0.3 is 12.1 Å². The summed E-state index contributed by atoms with van der Waals surface area (Å²) < 4.78 is 45.9. The minimum atomic E-state index is -5.19. The average molecular weight is 653 g/mol. The van der Waals surface area contributed by atoms with E-state index in [1.54, 1.807) is 0 Å². The van der Waals surface area contributed by atoms with Gasteiger partial charge in [0.25, 0.3) is 18.7 Å². The second-order valence-electron chi connectivity index (χ2n) is 8.09. The number of oxime groups is 1. The van der Waals surface area contributed by atoms with E-state index >= 15 is 0 Å². The smallest absolute Gasteiger partial charge is 0.430 e. The molecule has 0 aliphatic carbocycles. The van der Waals surface area contributed by atoms with Crippen LogP contribution < -0.4 is 20.7 Å². The summed E-state index contributed by atoms with van der Waals surface area (Å²) in [6.45, 7) is -1.26. The predicted octanol–water partition coefficient (Wildman–Crippen LogP) is 0.0270. The number of carboxylic acids is 2. The van der Waals surface area contributed by atoms with Crippen molar-refractivity contribution in [2.24, 2.45) is 12.2 Å². The largest absolute Gasteiger partial charge is 0.542 e. The SMILES string of the molecule is C[n+]1ccccc1SCC1=C(C(=O)O)N2C(=O)[C@@H](NC(=O)/C(=N\OCF)c3csc(N)n3)[C@H]2CS1.O=C([O-])C(F)(F)F. The summed E-state index contributed by atoms with van der Waals surface area (Å²) in [5.41, 5.74) is 5.24. The Bertz CT molecular complexity index is 1440. The molecular weight excluding hydrogens is 632 g/mol. The summed E-state index contributed by atoms with van der Waals surface area (Å²) in [5.74, 6) is -4.83. The number of thiazole rings is 1. The molecule has 0 bridgehead atoms. The van der Waals surface area contributed by atoms with Gasteiger partial charge in [-0.3, -0.25) is 14.5 Å². The van der Waals surface area contributed by atoms with Gasteiger partial charge in [0.15, 0.2) is 17.0 Å². The Labute approximate surface area is 246 Å². The first-order chi connectivity index (χ1) is 19.8. The van der Waals surface area contributed by atoms with Gasteiger partial charge in [-0.05, 0) is 6.07 Å². The number of carbonyl (C=O) groups excluding carboxylic acids is 3. The number of halogens is 4. The molecule has 0 unspecified atom stereocenters. The zero-order valence-electron chi connectivity index (χ0n) is 21.2. The molecule has 42 heavy (non-hydrogen) atoms. The van der Waals surface area contributed by atoms with E-state index in [1.165, 1.54) is 33.8 Å². The molecule has 13 nitrogen and oxygen atoms in total. The Morgan fingerprint density at radius 2 is 2.07 bits per heavy atom. The standard InChI is InChI=1S/C20H19FN6O5S3.C2HF3O2/c1-26-5-3-2-4-13(26)34-8-12-16(19(30)31)27-11(7-33-12)15(18(27)29)24-17(28)14(25-32-9-21)10-6-35-20(22)23-10;3-2(4,5)1(6)7/h2-6,11,15H,7-9H2,1H3,(H3-,22,23,24,28,30,31);(H,6,7)/b25-14-;/t11-,15+;/m1./s1. The van der Waals surface area contributed by atoms with E-state index in [-0.39, 0.29) is 22.2 Å². The molecule has 2 amide bonds. The molecule has 4 heterocycles. The first-order valence-electron chi connectivity index (χ1n) is 11.3. The van der Waals surface area contributed by atoms with Gasteiger partial charge in [0.05, 0.1) is 6.04 Å². The fourth-order valence-corrected chi connectivity index (χ4v) is 6.52. The van der Waals surface area contributed by atoms with Crippen molar-refractivity contribution >= 4 is 69.5 Å². The first kappa shape index (κ1) is 32.6. The van der Waals surface area contributed by atoms with E-state index < -0.39 is 48.9 Å². The third kappa shape index (κ3) is 7.68. The number of β-lactam (4-membered cyclic amide) rings is 1. The van der Waals surface area contributed by atoms with Crippen LogP contribution in [0.2, 0.25) is 0 Å². The highest BCUT2D eigenvalue weighted by Gasteiger charge is 2.54. The Kier molecular flexibility index (Phi) is 10.7. The molecule has 2 aliphatic heterocycles. The molecule has 2 aromatic rings. The number of aromatic nitrogens is 2. The average Bonchev–Trinajstić information content (AvgIpc) is 3.36. The summed E-state index contributed by atoms with van der Waals surface area (Å²) in [7, 11) is 1.89. The van der Waals surface area contributed by atoms with Crippen molar-refractivity contribution in [1.82, 2.24) is 15.2 Å². The van der Waals surface area contributed by atoms with Crippen LogP contribution in [0.3, 0.4) is 0 Å². The van der Waals surface area contributed by atoms with Gasteiger partial charge in [0.2, 0.25) is 5.03 Å². The lowest BCUT2D eigenvalue weighted by molar-refractivity contribution is -0.708. The number of nitrogens with one attached hydrogen (secondary N) is 1. The third-order valence-electron chi connectivity index (χ3n) is 5.42. The number of nitrogen functional groups attached to an aromatic ring is 1. The number of alkyl halides is 4. The number of rotatable bonds is 9. The zero-order chi connectivity index (χ0) is 31.2. The van der Waals surface area contributed by atoms with Crippen molar-refractivity contribution < 1.29 is 56.4 Å². The maximum atomic E-state index is 12.9. The molecule has 1 saturated heterocycles. The van der Waals surface area contributed by atoms with Crippen LogP contribution in [0.25, 0.3) is 0 Å². The van der Waals surface area contributed by atoms with Crippen molar-refractivity contribution in [3.63, 3.8) is 0 Å². The molecule has 2 aromatic heterocycles. The van der Waals surface area contributed by atoms with Crippen molar-refractivity contribution in [1.29, 1.82) is 0 Å². The van der Waals surface area contributed by atoms with Crippen LogP contribution in [0, 0.1) is 0 Å². The number of hydrogen-bond acceptors (Lipinski definition) is 12. The second-order valence-corrected chi connectivity index (χ2v) is 11.1. The molecule has 0 aromatic carbocycles.